The van der Waals surface area contributed by atoms with E-state index in [1.54, 1.807) is 0 Å². The molecule has 0 N–H and O–H groups in total. The van der Waals surface area contributed by atoms with Crippen molar-refractivity contribution in [2.24, 2.45) is 17.8 Å². The van der Waals surface area contributed by atoms with Crippen LogP contribution >= 0.6 is 0 Å². The summed E-state index contributed by atoms with van der Waals surface area (Å²) < 4.78 is 43.5. The van der Waals surface area contributed by atoms with Crippen molar-refractivity contribution >= 4 is 0 Å². The van der Waals surface area contributed by atoms with Gasteiger partial charge in [0.1, 0.15) is 0 Å². The van der Waals surface area contributed by atoms with Crippen molar-refractivity contribution in [3.63, 3.8) is 0 Å². The van der Waals surface area contributed by atoms with E-state index in [9.17, 15) is 8.78 Å². The molecule has 298 valence electrons. The van der Waals surface area contributed by atoms with Gasteiger partial charge in [0, 0.05) is 33.0 Å². The lowest BCUT2D eigenvalue weighted by Crippen LogP contribution is -2.03. The van der Waals surface area contributed by atoms with E-state index in [1.807, 2.05) is 13.8 Å². The van der Waals surface area contributed by atoms with E-state index < -0.39 is 0 Å². The molecule has 0 bridgehead atoms. The monoisotopic (exact) mass is 689 g/mol. The quantitative estimate of drug-likeness (QED) is 0.112. The second-order valence-corrected chi connectivity index (χ2v) is 13.4. The first kappa shape index (κ1) is 65.1. The van der Waals surface area contributed by atoms with Gasteiger partial charge in [0.2, 0.25) is 0 Å². The molecule has 0 aliphatic rings. The van der Waals surface area contributed by atoms with E-state index in [0.29, 0.717) is 37.1 Å². The fourth-order valence-corrected chi connectivity index (χ4v) is 2.92. The number of rotatable bonds is 21. The molecule has 0 saturated carbocycles. The lowest BCUT2D eigenvalue weighted by Gasteiger charge is -2.05. The maximum absolute atomic E-state index is 11.4. The van der Waals surface area contributed by atoms with Crippen molar-refractivity contribution in [2.45, 2.75) is 208 Å². The van der Waals surface area contributed by atoms with Crippen molar-refractivity contribution in [3.8, 4) is 0 Å². The molecule has 47 heavy (non-hydrogen) atoms. The second-order valence-electron chi connectivity index (χ2n) is 13.4. The predicted molar refractivity (Wildman–Crippen MR) is 213 cm³/mol. The van der Waals surface area contributed by atoms with Gasteiger partial charge in [-0.2, -0.15) is 0 Å². The van der Waals surface area contributed by atoms with Crippen LogP contribution in [0.3, 0.4) is 0 Å². The Labute approximate surface area is 299 Å². The Morgan fingerprint density at radius 3 is 1.04 bits per heavy atom. The average molecular weight is 689 g/mol. The first-order chi connectivity index (χ1) is 21.1. The van der Waals surface area contributed by atoms with Gasteiger partial charge in [-0.1, -0.05) is 110 Å². The van der Waals surface area contributed by atoms with Gasteiger partial charge in [0.25, 0.3) is 0 Å². The largest absolute Gasteiger partial charge is 0.381 e. The zero-order valence-electron chi connectivity index (χ0n) is 33.9. The van der Waals surface area contributed by atoms with Gasteiger partial charge in [0.15, 0.2) is 0 Å². The summed E-state index contributed by atoms with van der Waals surface area (Å²) in [4.78, 5) is 0. The minimum absolute atomic E-state index is 0. The molecule has 0 radical (unpaired) electrons. The highest BCUT2D eigenvalue weighted by atomic mass is 18.2. The Morgan fingerprint density at radius 1 is 0.404 bits per heavy atom. The average Bonchev–Trinajstić information content (AvgIpc) is 2.94. The summed E-state index contributed by atoms with van der Waals surface area (Å²) >= 11 is 0. The smallest absolute Gasteiger partial charge is 0.0916 e. The van der Waals surface area contributed by atoms with Crippen molar-refractivity contribution in [2.75, 3.05) is 46.4 Å². The standard InChI is InChI=1S/C8H18O.C7H16O.C6H13FO.C6H13F.C6H14O.C6H14.2CH4/c1-4-5-6-7-9-8(2)3;1-4-5-8-6-7(2)3;1-6(2)8-5-3-4-7;1-6(2)4-3-5-7;1-4-5-7-6(2)3;1-4-5-6(2)3;;/h8H,4-7H2,1-3H3;7H,4-6H2,1-3H3;6H,3-5H2,1-2H3;6H,3-5H2,1-2H3;6H,4-5H2,1-3H3;6H,4-5H2,1-3H3;2*1H4/i;;2*7-1;;;;. The number of hydrogen-bond acceptors (Lipinski definition) is 4. The molecule has 0 aromatic heterocycles. The van der Waals surface area contributed by atoms with Gasteiger partial charge in [-0.3, -0.25) is 8.78 Å². The normalized spacial score (nSPS) is 9.96. The van der Waals surface area contributed by atoms with E-state index >= 15 is 0 Å². The molecule has 4 nitrogen and oxygen atoms in total. The molecule has 0 aromatic rings. The first-order valence-electron chi connectivity index (χ1n) is 18.7. The van der Waals surface area contributed by atoms with Crippen LogP contribution in [0.5, 0.6) is 0 Å². The summed E-state index contributed by atoms with van der Waals surface area (Å²) in [7, 11) is 0. The molecule has 0 rings (SSSR count). The Hall–Kier alpha value is -0.300. The number of ether oxygens (including phenoxy) is 4. The third kappa shape index (κ3) is 122. The van der Waals surface area contributed by atoms with Crippen molar-refractivity contribution < 1.29 is 27.7 Å². The van der Waals surface area contributed by atoms with Crippen LogP contribution in [-0.4, -0.2) is 64.7 Å². The fraction of sp³-hybridized carbons (Fsp3) is 1.00. The Bertz CT molecular complexity index is 406. The highest BCUT2D eigenvalue weighted by Crippen LogP contribution is 2.02. The summed E-state index contributed by atoms with van der Waals surface area (Å²) in [5.74, 6) is 2.24. The first-order valence-corrected chi connectivity index (χ1v) is 18.7. The highest BCUT2D eigenvalue weighted by molar-refractivity contribution is 4.43. The molecule has 0 amide bonds. The number of hydrogen-bond donors (Lipinski definition) is 0. The minimum Gasteiger partial charge on any atom is -0.381 e. The number of alkyl halides is 2. The van der Waals surface area contributed by atoms with Crippen molar-refractivity contribution in [3.05, 3.63) is 0 Å². The SMILES string of the molecule is C.C.CC(C)CCC[18F].CC(C)OCCC[18F].CCCC(C)C.CCCCCOC(C)C.CCCOC(C)C.CCCOCC(C)C. The van der Waals surface area contributed by atoms with E-state index in [-0.39, 0.29) is 34.3 Å². The molecule has 0 atom stereocenters. The molecular weight excluding hydrogens is 592 g/mol. The van der Waals surface area contributed by atoms with Crippen molar-refractivity contribution in [1.82, 2.24) is 0 Å². The fourth-order valence-electron chi connectivity index (χ4n) is 2.92. The molecule has 0 saturated heterocycles. The second kappa shape index (κ2) is 61.0. The zero-order chi connectivity index (χ0) is 36.3. The lowest BCUT2D eigenvalue weighted by molar-refractivity contribution is 0.0736. The predicted octanol–water partition coefficient (Wildman–Crippen LogP) is 14.4. The Morgan fingerprint density at radius 2 is 0.809 bits per heavy atom. The van der Waals surface area contributed by atoms with Gasteiger partial charge >= 0.3 is 0 Å². The minimum atomic E-state index is -0.271. The maximum atomic E-state index is 11.4. The Kier molecular flexibility index (Phi) is 84.5. The van der Waals surface area contributed by atoms with E-state index in [4.69, 9.17) is 18.9 Å². The van der Waals surface area contributed by atoms with E-state index in [2.05, 4.69) is 96.9 Å². The summed E-state index contributed by atoms with van der Waals surface area (Å²) in [5, 5.41) is 0. The van der Waals surface area contributed by atoms with Gasteiger partial charge in [-0.15, -0.1) is 0 Å². The highest BCUT2D eigenvalue weighted by Gasteiger charge is 1.92. The van der Waals surface area contributed by atoms with Crippen LogP contribution in [0.4, 0.5) is 8.78 Å². The third-order valence-electron chi connectivity index (χ3n) is 5.16. The molecule has 0 aliphatic heterocycles. The van der Waals surface area contributed by atoms with Gasteiger partial charge in [-0.05, 0) is 97.8 Å². The molecule has 0 unspecified atom stereocenters. The number of halogens is 2. The summed E-state index contributed by atoms with van der Waals surface area (Å²) in [6.07, 6.45) is 12.1. The summed E-state index contributed by atoms with van der Waals surface area (Å²) in [6, 6.07) is 0. The molecule has 0 fully saturated rings. The topological polar surface area (TPSA) is 36.9 Å². The molecule has 0 aliphatic carbocycles. The van der Waals surface area contributed by atoms with Gasteiger partial charge in [0.05, 0.1) is 31.7 Å². The summed E-state index contributed by atoms with van der Waals surface area (Å²) in [5.41, 5.74) is 0. The van der Waals surface area contributed by atoms with Crippen LogP contribution in [0.1, 0.15) is 190 Å². The van der Waals surface area contributed by atoms with Crippen LogP contribution in [0, 0.1) is 17.8 Å². The van der Waals surface area contributed by atoms with E-state index in [0.717, 1.165) is 58.0 Å². The van der Waals surface area contributed by atoms with Crippen LogP contribution in [0.25, 0.3) is 0 Å². The van der Waals surface area contributed by atoms with Crippen LogP contribution in [0.15, 0.2) is 0 Å². The van der Waals surface area contributed by atoms with Gasteiger partial charge in [-0.25, -0.2) is 0 Å². The van der Waals surface area contributed by atoms with Crippen LogP contribution < -0.4 is 0 Å². The maximum Gasteiger partial charge on any atom is 0.0916 e. The van der Waals surface area contributed by atoms with Crippen molar-refractivity contribution in [1.29, 1.82) is 0 Å². The molecule has 6 heteroatoms. The Balaban J connectivity index is -0.0000000644. The van der Waals surface area contributed by atoms with Crippen LogP contribution in [-0.2, 0) is 18.9 Å². The number of unbranched alkanes of at least 4 members (excludes halogenated alkanes) is 2. The van der Waals surface area contributed by atoms with Gasteiger partial charge < -0.3 is 18.9 Å². The third-order valence-corrected chi connectivity index (χ3v) is 5.16. The molecule has 0 aromatic carbocycles. The molecular formula is C41H96F2O4. The lowest BCUT2D eigenvalue weighted by atomic mass is 10.1. The summed E-state index contributed by atoms with van der Waals surface area (Å²) in [6.45, 7) is 37.6. The van der Waals surface area contributed by atoms with E-state index in [1.165, 1.54) is 32.1 Å². The molecule has 0 spiro atoms. The molecule has 0 heterocycles. The van der Waals surface area contributed by atoms with Crippen LogP contribution in [0.2, 0.25) is 0 Å². The zero-order valence-corrected chi connectivity index (χ0v) is 33.9.